The monoisotopic (exact) mass is 366 g/mol. The summed E-state index contributed by atoms with van der Waals surface area (Å²) in [5, 5.41) is 0. The Labute approximate surface area is 154 Å². The first-order chi connectivity index (χ1) is 12.2. The Morgan fingerprint density at radius 2 is 1.48 bits per heavy atom. The Hall–Kier alpha value is -0.763. The lowest BCUT2D eigenvalue weighted by atomic mass is 10.2. The Bertz CT molecular complexity index is 458. The summed E-state index contributed by atoms with van der Waals surface area (Å²) in [5.41, 5.74) is 1.39. The van der Waals surface area contributed by atoms with Gasteiger partial charge in [-0.15, -0.1) is 0 Å². The molecule has 0 aromatic heterocycles. The maximum atomic E-state index is 5.94. The molecule has 1 aliphatic rings. The third-order valence-electron chi connectivity index (χ3n) is 4.43. The minimum atomic E-state index is -2.49. The van der Waals surface area contributed by atoms with Crippen LogP contribution in [0.15, 0.2) is 30.3 Å². The molecule has 1 heterocycles. The van der Waals surface area contributed by atoms with Gasteiger partial charge in [0, 0.05) is 45.5 Å². The first-order valence-corrected chi connectivity index (χ1v) is 11.5. The van der Waals surface area contributed by atoms with Crippen LogP contribution in [0.25, 0.3) is 0 Å². The smallest absolute Gasteiger partial charge is 0.374 e. The summed E-state index contributed by atoms with van der Waals surface area (Å²) in [4.78, 5) is 5.03. The molecular formula is C19H34N2O3Si. The van der Waals surface area contributed by atoms with Crippen molar-refractivity contribution in [3.63, 3.8) is 0 Å². The fourth-order valence-corrected chi connectivity index (χ4v) is 5.97. The van der Waals surface area contributed by atoms with Crippen molar-refractivity contribution >= 4 is 8.80 Å². The summed E-state index contributed by atoms with van der Waals surface area (Å²) in [5.74, 6) is 0. The fourth-order valence-electron chi connectivity index (χ4n) is 3.38. The molecule has 1 aliphatic heterocycles. The van der Waals surface area contributed by atoms with Crippen LogP contribution in [0, 0.1) is 0 Å². The van der Waals surface area contributed by atoms with Gasteiger partial charge in [0.05, 0.1) is 6.67 Å². The highest BCUT2D eigenvalue weighted by molar-refractivity contribution is 6.60. The zero-order valence-corrected chi connectivity index (χ0v) is 17.1. The molecule has 1 fully saturated rings. The van der Waals surface area contributed by atoms with E-state index in [1.807, 2.05) is 20.8 Å². The average molecular weight is 367 g/mol. The molecule has 0 spiro atoms. The summed E-state index contributed by atoms with van der Waals surface area (Å²) >= 11 is 0. The number of hydrogen-bond donors (Lipinski definition) is 0. The molecule has 142 valence electrons. The second-order valence-corrected chi connectivity index (χ2v) is 9.12. The van der Waals surface area contributed by atoms with Crippen molar-refractivity contribution in [2.45, 2.75) is 39.8 Å². The molecule has 25 heavy (non-hydrogen) atoms. The van der Waals surface area contributed by atoms with Crippen LogP contribution >= 0.6 is 0 Å². The summed E-state index contributed by atoms with van der Waals surface area (Å²) in [7, 11) is -2.49. The molecular weight excluding hydrogens is 332 g/mol. The first kappa shape index (κ1) is 20.5. The lowest BCUT2D eigenvalue weighted by molar-refractivity contribution is 0.0699. The van der Waals surface area contributed by atoms with Gasteiger partial charge in [-0.05, 0) is 39.3 Å². The molecule has 0 unspecified atom stereocenters. The van der Waals surface area contributed by atoms with Crippen molar-refractivity contribution < 1.29 is 13.3 Å². The van der Waals surface area contributed by atoms with Gasteiger partial charge < -0.3 is 13.3 Å². The van der Waals surface area contributed by atoms with Gasteiger partial charge in [-0.25, -0.2) is 0 Å². The summed E-state index contributed by atoms with van der Waals surface area (Å²) < 4.78 is 17.8. The average Bonchev–Trinajstić information content (AvgIpc) is 3.04. The lowest BCUT2D eigenvalue weighted by Gasteiger charge is -2.29. The standard InChI is InChI=1S/C19H34N2O3Si/c1-4-22-25(23-5-2,24-6-3)16-10-13-20-14-15-21(18-20)17-19-11-8-7-9-12-19/h7-9,11-12H,4-6,10,13-18H2,1-3H3. The van der Waals surface area contributed by atoms with Gasteiger partial charge in [-0.1, -0.05) is 30.3 Å². The minimum Gasteiger partial charge on any atom is -0.374 e. The molecule has 0 atom stereocenters. The topological polar surface area (TPSA) is 34.2 Å². The van der Waals surface area contributed by atoms with E-state index in [4.69, 9.17) is 13.3 Å². The molecule has 1 saturated heterocycles. The maximum absolute atomic E-state index is 5.94. The SMILES string of the molecule is CCO[Si](CCCN1CCN(Cc2ccccc2)C1)(OCC)OCC. The number of hydrogen-bond acceptors (Lipinski definition) is 5. The zero-order valence-electron chi connectivity index (χ0n) is 16.1. The van der Waals surface area contributed by atoms with E-state index < -0.39 is 8.80 Å². The predicted octanol–water partition coefficient (Wildman–Crippen LogP) is 3.20. The number of nitrogens with zero attached hydrogens (tertiary/aromatic N) is 2. The third kappa shape index (κ3) is 6.81. The van der Waals surface area contributed by atoms with Crippen LogP contribution in [0.1, 0.15) is 32.8 Å². The van der Waals surface area contributed by atoms with E-state index in [0.29, 0.717) is 19.8 Å². The third-order valence-corrected chi connectivity index (χ3v) is 7.58. The summed E-state index contributed by atoms with van der Waals surface area (Å²) in [6, 6.07) is 11.6. The largest absolute Gasteiger partial charge is 0.500 e. The molecule has 0 radical (unpaired) electrons. The number of benzene rings is 1. The molecule has 5 nitrogen and oxygen atoms in total. The predicted molar refractivity (Wildman–Crippen MR) is 103 cm³/mol. The van der Waals surface area contributed by atoms with Crippen LogP contribution < -0.4 is 0 Å². The van der Waals surface area contributed by atoms with Crippen LogP contribution in [0.3, 0.4) is 0 Å². The van der Waals surface area contributed by atoms with E-state index in [9.17, 15) is 0 Å². The Kier molecular flexibility index (Phi) is 9.09. The Balaban J connectivity index is 1.75. The Morgan fingerprint density at radius 1 is 0.880 bits per heavy atom. The highest BCUT2D eigenvalue weighted by Gasteiger charge is 2.39. The van der Waals surface area contributed by atoms with Crippen LogP contribution in [0.4, 0.5) is 0 Å². The molecule has 0 bridgehead atoms. The van der Waals surface area contributed by atoms with Gasteiger partial charge in [0.1, 0.15) is 0 Å². The quantitative estimate of drug-likeness (QED) is 0.531. The van der Waals surface area contributed by atoms with Crippen LogP contribution in [0.2, 0.25) is 6.04 Å². The van der Waals surface area contributed by atoms with E-state index in [2.05, 4.69) is 40.1 Å². The van der Waals surface area contributed by atoms with Gasteiger partial charge in [0.2, 0.25) is 0 Å². The lowest BCUT2D eigenvalue weighted by Crippen LogP contribution is -2.46. The second-order valence-electron chi connectivity index (χ2n) is 6.38. The number of rotatable bonds is 12. The summed E-state index contributed by atoms with van der Waals surface area (Å²) in [6.45, 7) is 13.4. The zero-order chi connectivity index (χ0) is 18.0. The maximum Gasteiger partial charge on any atom is 0.500 e. The van der Waals surface area contributed by atoms with E-state index >= 15 is 0 Å². The fraction of sp³-hybridized carbons (Fsp3) is 0.684. The van der Waals surface area contributed by atoms with Crippen molar-refractivity contribution in [3.05, 3.63) is 35.9 Å². The van der Waals surface area contributed by atoms with E-state index in [-0.39, 0.29) is 0 Å². The van der Waals surface area contributed by atoms with Crippen LogP contribution in [0.5, 0.6) is 0 Å². The highest BCUT2D eigenvalue weighted by atomic mass is 28.4. The van der Waals surface area contributed by atoms with E-state index in [0.717, 1.165) is 45.3 Å². The normalized spacial score (nSPS) is 16.6. The Morgan fingerprint density at radius 3 is 2.08 bits per heavy atom. The molecule has 0 aliphatic carbocycles. The molecule has 6 heteroatoms. The van der Waals surface area contributed by atoms with Gasteiger partial charge in [-0.2, -0.15) is 0 Å². The van der Waals surface area contributed by atoms with Crippen molar-refractivity contribution in [2.24, 2.45) is 0 Å². The molecule has 1 aromatic carbocycles. The van der Waals surface area contributed by atoms with Crippen LogP contribution in [-0.2, 0) is 19.8 Å². The molecule has 0 amide bonds. The highest BCUT2D eigenvalue weighted by Crippen LogP contribution is 2.19. The van der Waals surface area contributed by atoms with Gasteiger partial charge in [-0.3, -0.25) is 9.80 Å². The molecule has 2 rings (SSSR count). The summed E-state index contributed by atoms with van der Waals surface area (Å²) in [6.07, 6.45) is 1.06. The van der Waals surface area contributed by atoms with E-state index in [1.165, 1.54) is 5.56 Å². The minimum absolute atomic E-state index is 0.654. The van der Waals surface area contributed by atoms with Crippen LogP contribution in [-0.4, -0.2) is 64.7 Å². The van der Waals surface area contributed by atoms with Crippen molar-refractivity contribution in [2.75, 3.05) is 46.1 Å². The van der Waals surface area contributed by atoms with Gasteiger partial charge in [0.25, 0.3) is 0 Å². The second kappa shape index (κ2) is 11.1. The van der Waals surface area contributed by atoms with Gasteiger partial charge >= 0.3 is 8.80 Å². The first-order valence-electron chi connectivity index (χ1n) is 9.61. The molecule has 1 aromatic rings. The van der Waals surface area contributed by atoms with Gasteiger partial charge in [0.15, 0.2) is 0 Å². The van der Waals surface area contributed by atoms with E-state index in [1.54, 1.807) is 0 Å². The molecule has 0 saturated carbocycles. The van der Waals surface area contributed by atoms with Crippen molar-refractivity contribution in [1.82, 2.24) is 9.80 Å². The molecule has 0 N–H and O–H groups in total. The van der Waals surface area contributed by atoms with Crippen molar-refractivity contribution in [1.29, 1.82) is 0 Å². The van der Waals surface area contributed by atoms with Crippen molar-refractivity contribution in [3.8, 4) is 0 Å².